The van der Waals surface area contributed by atoms with Crippen molar-refractivity contribution in [2.45, 2.75) is 13.8 Å². The molecule has 108 valence electrons. The minimum absolute atomic E-state index is 1.25. The maximum absolute atomic E-state index is 2.23. The lowest BCUT2D eigenvalue weighted by atomic mass is 9.99. The Morgan fingerprint density at radius 2 is 1.27 bits per heavy atom. The Morgan fingerprint density at radius 3 is 1.91 bits per heavy atom. The Labute approximate surface area is 132 Å². The minimum Gasteiger partial charge on any atom is -0.0622 e. The van der Waals surface area contributed by atoms with Gasteiger partial charge in [-0.05, 0) is 41.7 Å². The van der Waals surface area contributed by atoms with Crippen LogP contribution in [-0.2, 0) is 0 Å². The van der Waals surface area contributed by atoms with E-state index in [1.54, 1.807) is 0 Å². The molecule has 0 aliphatic heterocycles. The second-order valence-corrected chi connectivity index (χ2v) is 5.68. The molecule has 0 N–H and O–H groups in total. The van der Waals surface area contributed by atoms with Crippen LogP contribution < -0.4 is 0 Å². The first-order valence-electron chi connectivity index (χ1n) is 7.63. The highest BCUT2D eigenvalue weighted by molar-refractivity contribution is 5.81. The zero-order chi connectivity index (χ0) is 15.4. The molecule has 0 nitrogen and oxygen atoms in total. The van der Waals surface area contributed by atoms with Crippen LogP contribution in [0.5, 0.6) is 0 Å². The molecule has 0 aliphatic rings. The SMILES string of the molecule is CC(=Cc1ccc(C)cc1)c1ccc(-c2ccccc2)cc1. The van der Waals surface area contributed by atoms with E-state index < -0.39 is 0 Å². The lowest BCUT2D eigenvalue weighted by Gasteiger charge is -2.06. The van der Waals surface area contributed by atoms with Gasteiger partial charge < -0.3 is 0 Å². The van der Waals surface area contributed by atoms with Crippen molar-refractivity contribution in [1.29, 1.82) is 0 Å². The highest BCUT2D eigenvalue weighted by atomic mass is 14.0. The van der Waals surface area contributed by atoms with Crippen LogP contribution in [0.25, 0.3) is 22.8 Å². The number of hydrogen-bond acceptors (Lipinski definition) is 0. The van der Waals surface area contributed by atoms with E-state index in [9.17, 15) is 0 Å². The topological polar surface area (TPSA) is 0 Å². The number of benzene rings is 3. The Balaban J connectivity index is 1.84. The minimum atomic E-state index is 1.25. The molecule has 0 aromatic heterocycles. The van der Waals surface area contributed by atoms with Crippen molar-refractivity contribution in [2.24, 2.45) is 0 Å². The molecule has 0 heteroatoms. The Kier molecular flexibility index (Phi) is 4.20. The summed E-state index contributed by atoms with van der Waals surface area (Å²) in [6.45, 7) is 4.28. The maximum atomic E-state index is 2.23. The zero-order valence-electron chi connectivity index (χ0n) is 13.1. The van der Waals surface area contributed by atoms with Crippen molar-refractivity contribution in [1.82, 2.24) is 0 Å². The second kappa shape index (κ2) is 6.44. The summed E-state index contributed by atoms with van der Waals surface area (Å²) in [5.74, 6) is 0. The first-order chi connectivity index (χ1) is 10.7. The molecule has 3 aromatic carbocycles. The van der Waals surface area contributed by atoms with Gasteiger partial charge in [0.15, 0.2) is 0 Å². The molecule has 0 heterocycles. The molecule has 22 heavy (non-hydrogen) atoms. The van der Waals surface area contributed by atoms with Crippen molar-refractivity contribution < 1.29 is 0 Å². The molecule has 0 fully saturated rings. The zero-order valence-corrected chi connectivity index (χ0v) is 13.1. The monoisotopic (exact) mass is 284 g/mol. The third kappa shape index (κ3) is 3.35. The van der Waals surface area contributed by atoms with Crippen LogP contribution >= 0.6 is 0 Å². The van der Waals surface area contributed by atoms with Gasteiger partial charge in [0.1, 0.15) is 0 Å². The van der Waals surface area contributed by atoms with Crippen LogP contribution in [0.15, 0.2) is 78.9 Å². The summed E-state index contributed by atoms with van der Waals surface area (Å²) in [6, 6.07) is 27.9. The van der Waals surface area contributed by atoms with E-state index in [4.69, 9.17) is 0 Å². The van der Waals surface area contributed by atoms with Crippen LogP contribution in [0.3, 0.4) is 0 Å². The van der Waals surface area contributed by atoms with Gasteiger partial charge in [-0.25, -0.2) is 0 Å². The molecule has 0 aliphatic carbocycles. The van der Waals surface area contributed by atoms with Crippen molar-refractivity contribution in [3.8, 4) is 11.1 Å². The van der Waals surface area contributed by atoms with E-state index in [1.807, 2.05) is 6.07 Å². The van der Waals surface area contributed by atoms with E-state index in [-0.39, 0.29) is 0 Å². The second-order valence-electron chi connectivity index (χ2n) is 5.68. The standard InChI is InChI=1S/C22H20/c1-17-8-10-19(11-9-17)16-18(2)20-12-14-22(15-13-20)21-6-4-3-5-7-21/h3-16H,1-2H3. The van der Waals surface area contributed by atoms with Gasteiger partial charge in [0.2, 0.25) is 0 Å². The summed E-state index contributed by atoms with van der Waals surface area (Å²) in [6.07, 6.45) is 2.23. The first-order valence-corrected chi connectivity index (χ1v) is 7.63. The smallest absolute Gasteiger partial charge is 0.0184 e. The van der Waals surface area contributed by atoms with E-state index in [0.717, 1.165) is 0 Å². The molecule has 3 aromatic rings. The molecule has 0 saturated carbocycles. The summed E-state index contributed by atoms with van der Waals surface area (Å²) >= 11 is 0. The van der Waals surface area contributed by atoms with Crippen LogP contribution in [0.1, 0.15) is 23.6 Å². The number of rotatable bonds is 3. The lowest BCUT2D eigenvalue weighted by molar-refractivity contribution is 1.46. The van der Waals surface area contributed by atoms with Gasteiger partial charge in [-0.2, -0.15) is 0 Å². The first kappa shape index (κ1) is 14.3. The fourth-order valence-electron chi connectivity index (χ4n) is 2.55. The lowest BCUT2D eigenvalue weighted by Crippen LogP contribution is -1.82. The summed E-state index contributed by atoms with van der Waals surface area (Å²) < 4.78 is 0. The summed E-state index contributed by atoms with van der Waals surface area (Å²) in [4.78, 5) is 0. The van der Waals surface area contributed by atoms with E-state index in [1.165, 1.54) is 33.4 Å². The highest BCUT2D eigenvalue weighted by Crippen LogP contribution is 2.23. The maximum Gasteiger partial charge on any atom is -0.0184 e. The van der Waals surface area contributed by atoms with Crippen LogP contribution in [0, 0.1) is 6.92 Å². The number of hydrogen-bond donors (Lipinski definition) is 0. The largest absolute Gasteiger partial charge is 0.0622 e. The Hall–Kier alpha value is -2.60. The quantitative estimate of drug-likeness (QED) is 0.501. The van der Waals surface area contributed by atoms with E-state index in [0.29, 0.717) is 0 Å². The normalized spacial score (nSPS) is 11.5. The number of allylic oxidation sites excluding steroid dienone is 1. The molecular weight excluding hydrogens is 264 g/mol. The average Bonchev–Trinajstić information content (AvgIpc) is 2.58. The van der Waals surface area contributed by atoms with E-state index in [2.05, 4.69) is 92.7 Å². The molecule has 0 unspecified atom stereocenters. The van der Waals surface area contributed by atoms with Gasteiger partial charge in [-0.3, -0.25) is 0 Å². The number of aryl methyl sites for hydroxylation is 1. The van der Waals surface area contributed by atoms with Crippen molar-refractivity contribution in [3.05, 3.63) is 95.6 Å². The fraction of sp³-hybridized carbons (Fsp3) is 0.0909. The van der Waals surface area contributed by atoms with Gasteiger partial charge in [-0.1, -0.05) is 90.5 Å². The van der Waals surface area contributed by atoms with Crippen molar-refractivity contribution in [3.63, 3.8) is 0 Å². The molecule has 0 bridgehead atoms. The fourth-order valence-corrected chi connectivity index (χ4v) is 2.55. The highest BCUT2D eigenvalue weighted by Gasteiger charge is 1.99. The molecule has 3 rings (SSSR count). The van der Waals surface area contributed by atoms with Gasteiger partial charge in [-0.15, -0.1) is 0 Å². The van der Waals surface area contributed by atoms with Gasteiger partial charge in [0.05, 0.1) is 0 Å². The van der Waals surface area contributed by atoms with Crippen LogP contribution in [0.2, 0.25) is 0 Å². The molecule has 0 atom stereocenters. The molecule has 0 saturated heterocycles. The summed E-state index contributed by atoms with van der Waals surface area (Å²) in [5, 5.41) is 0. The van der Waals surface area contributed by atoms with Crippen LogP contribution in [0.4, 0.5) is 0 Å². The van der Waals surface area contributed by atoms with Gasteiger partial charge in [0, 0.05) is 0 Å². The molecule has 0 radical (unpaired) electrons. The predicted octanol–water partition coefficient (Wildman–Crippen LogP) is 6.22. The van der Waals surface area contributed by atoms with Crippen molar-refractivity contribution >= 4 is 11.6 Å². The van der Waals surface area contributed by atoms with Gasteiger partial charge >= 0.3 is 0 Å². The predicted molar refractivity (Wildman–Crippen MR) is 96.6 cm³/mol. The Bertz CT molecular complexity index is 761. The van der Waals surface area contributed by atoms with E-state index >= 15 is 0 Å². The Morgan fingerprint density at radius 1 is 0.682 bits per heavy atom. The molecule has 0 amide bonds. The van der Waals surface area contributed by atoms with Crippen LogP contribution in [-0.4, -0.2) is 0 Å². The summed E-state index contributed by atoms with van der Waals surface area (Å²) in [5.41, 5.74) is 7.60. The average molecular weight is 284 g/mol. The molecular formula is C22H20. The molecule has 0 spiro atoms. The summed E-state index contributed by atoms with van der Waals surface area (Å²) in [7, 11) is 0. The third-order valence-corrected chi connectivity index (χ3v) is 3.91. The van der Waals surface area contributed by atoms with Crippen molar-refractivity contribution in [2.75, 3.05) is 0 Å². The van der Waals surface area contributed by atoms with Gasteiger partial charge in [0.25, 0.3) is 0 Å². The third-order valence-electron chi connectivity index (χ3n) is 3.91.